The first-order valence-electron chi connectivity index (χ1n) is 8.37. The molecule has 6 nitrogen and oxygen atoms in total. The maximum atomic E-state index is 13.2. The molecule has 1 amide bonds. The predicted octanol–water partition coefficient (Wildman–Crippen LogP) is 1.81. The second-order valence-electron chi connectivity index (χ2n) is 6.29. The van der Waals surface area contributed by atoms with Gasteiger partial charge in [-0.1, -0.05) is 30.3 Å². The standard InChI is InChI=1S/C19H25N3O3/c1-13(10-11-23)22(12-16-8-6-5-7-9-16)19(25)17-14(2)15(3)20-21(4)18(17)24/h5-9,13,23H,10-12H2,1-4H3. The highest BCUT2D eigenvalue weighted by molar-refractivity contribution is 5.95. The van der Waals surface area contributed by atoms with Crippen LogP contribution in [0, 0.1) is 13.8 Å². The summed E-state index contributed by atoms with van der Waals surface area (Å²) in [5.41, 5.74) is 1.97. The molecule has 0 fully saturated rings. The average Bonchev–Trinajstić information content (AvgIpc) is 2.59. The van der Waals surface area contributed by atoms with Gasteiger partial charge >= 0.3 is 0 Å². The quantitative estimate of drug-likeness (QED) is 0.868. The van der Waals surface area contributed by atoms with E-state index in [-0.39, 0.29) is 24.1 Å². The molecule has 0 spiro atoms. The van der Waals surface area contributed by atoms with Crippen molar-refractivity contribution in [3.8, 4) is 0 Å². The summed E-state index contributed by atoms with van der Waals surface area (Å²) in [5, 5.41) is 13.4. The number of aliphatic hydroxyl groups is 1. The lowest BCUT2D eigenvalue weighted by atomic mass is 10.1. The highest BCUT2D eigenvalue weighted by atomic mass is 16.3. The van der Waals surface area contributed by atoms with Crippen molar-refractivity contribution in [1.29, 1.82) is 0 Å². The number of aromatic nitrogens is 2. The summed E-state index contributed by atoms with van der Waals surface area (Å²) >= 11 is 0. The molecule has 0 aliphatic rings. The Kier molecular flexibility index (Phi) is 6.09. The molecular formula is C19H25N3O3. The van der Waals surface area contributed by atoms with Crippen LogP contribution in [0.2, 0.25) is 0 Å². The van der Waals surface area contributed by atoms with Gasteiger partial charge in [-0.2, -0.15) is 5.10 Å². The van der Waals surface area contributed by atoms with Gasteiger partial charge in [0.1, 0.15) is 5.56 Å². The SMILES string of the molecule is Cc1nn(C)c(=O)c(C(=O)N(Cc2ccccc2)C(C)CCO)c1C. The number of benzene rings is 1. The van der Waals surface area contributed by atoms with E-state index in [0.29, 0.717) is 24.2 Å². The fourth-order valence-electron chi connectivity index (χ4n) is 2.79. The number of carbonyl (C=O) groups is 1. The molecule has 0 radical (unpaired) electrons. The molecular weight excluding hydrogens is 318 g/mol. The van der Waals surface area contributed by atoms with Crippen LogP contribution in [0.25, 0.3) is 0 Å². The minimum Gasteiger partial charge on any atom is -0.396 e. The maximum absolute atomic E-state index is 13.2. The molecule has 0 bridgehead atoms. The van der Waals surface area contributed by atoms with E-state index in [1.165, 1.54) is 4.68 Å². The molecule has 1 heterocycles. The van der Waals surface area contributed by atoms with Crippen molar-refractivity contribution >= 4 is 5.91 Å². The van der Waals surface area contributed by atoms with Crippen LogP contribution in [-0.4, -0.2) is 38.3 Å². The number of amides is 1. The third kappa shape index (κ3) is 4.14. The first-order chi connectivity index (χ1) is 11.9. The highest BCUT2D eigenvalue weighted by Crippen LogP contribution is 2.16. The van der Waals surface area contributed by atoms with Gasteiger partial charge in [-0.05, 0) is 38.3 Å². The largest absolute Gasteiger partial charge is 0.396 e. The van der Waals surface area contributed by atoms with Gasteiger partial charge in [0.2, 0.25) is 0 Å². The zero-order chi connectivity index (χ0) is 18.6. The number of hydrogen-bond donors (Lipinski definition) is 1. The smallest absolute Gasteiger partial charge is 0.279 e. The van der Waals surface area contributed by atoms with Crippen molar-refractivity contribution in [2.75, 3.05) is 6.61 Å². The zero-order valence-electron chi connectivity index (χ0n) is 15.2. The van der Waals surface area contributed by atoms with Crippen LogP contribution in [0.4, 0.5) is 0 Å². The van der Waals surface area contributed by atoms with Gasteiger partial charge in [-0.25, -0.2) is 4.68 Å². The topological polar surface area (TPSA) is 75.4 Å². The Morgan fingerprint density at radius 2 is 1.92 bits per heavy atom. The molecule has 1 unspecified atom stereocenters. The third-order valence-corrected chi connectivity index (χ3v) is 4.47. The third-order valence-electron chi connectivity index (χ3n) is 4.47. The summed E-state index contributed by atoms with van der Waals surface area (Å²) in [7, 11) is 1.55. The van der Waals surface area contributed by atoms with E-state index in [2.05, 4.69) is 5.10 Å². The van der Waals surface area contributed by atoms with Gasteiger partial charge in [0, 0.05) is 26.2 Å². The Hall–Kier alpha value is -2.47. The summed E-state index contributed by atoms with van der Waals surface area (Å²) in [6, 6.07) is 9.42. The molecule has 1 aromatic carbocycles. The fourth-order valence-corrected chi connectivity index (χ4v) is 2.79. The molecule has 2 aromatic rings. The van der Waals surface area contributed by atoms with E-state index in [1.807, 2.05) is 37.3 Å². The van der Waals surface area contributed by atoms with E-state index in [0.717, 1.165) is 5.56 Å². The van der Waals surface area contributed by atoms with Gasteiger partial charge < -0.3 is 10.0 Å². The Morgan fingerprint density at radius 1 is 1.28 bits per heavy atom. The number of rotatable bonds is 6. The summed E-state index contributed by atoms with van der Waals surface area (Å²) in [6.07, 6.45) is 0.446. The van der Waals surface area contributed by atoms with Crippen molar-refractivity contribution in [2.45, 2.75) is 39.8 Å². The lowest BCUT2D eigenvalue weighted by Crippen LogP contribution is -2.42. The van der Waals surface area contributed by atoms with E-state index in [9.17, 15) is 14.7 Å². The summed E-state index contributed by atoms with van der Waals surface area (Å²) in [4.78, 5) is 27.4. The van der Waals surface area contributed by atoms with E-state index in [4.69, 9.17) is 0 Å². The lowest BCUT2D eigenvalue weighted by molar-refractivity contribution is 0.0644. The van der Waals surface area contributed by atoms with Crippen LogP contribution in [0.1, 0.15) is 40.5 Å². The number of nitrogens with zero attached hydrogens (tertiary/aromatic N) is 3. The summed E-state index contributed by atoms with van der Waals surface area (Å²) in [6.45, 7) is 5.76. The maximum Gasteiger partial charge on any atom is 0.279 e. The number of hydrogen-bond acceptors (Lipinski definition) is 4. The Balaban J connectivity index is 2.47. The van der Waals surface area contributed by atoms with Crippen molar-refractivity contribution < 1.29 is 9.90 Å². The van der Waals surface area contributed by atoms with Crippen LogP contribution < -0.4 is 5.56 Å². The number of aliphatic hydroxyl groups excluding tert-OH is 1. The van der Waals surface area contributed by atoms with Gasteiger partial charge in [0.25, 0.3) is 11.5 Å². The van der Waals surface area contributed by atoms with Gasteiger partial charge in [-0.15, -0.1) is 0 Å². The minimum atomic E-state index is -0.401. The zero-order valence-corrected chi connectivity index (χ0v) is 15.2. The Bertz CT molecular complexity index is 800. The van der Waals surface area contributed by atoms with Crippen LogP contribution in [0.15, 0.2) is 35.1 Å². The molecule has 0 aliphatic heterocycles. The Morgan fingerprint density at radius 3 is 2.52 bits per heavy atom. The molecule has 1 aromatic heterocycles. The molecule has 0 saturated carbocycles. The predicted molar refractivity (Wildman–Crippen MR) is 96.4 cm³/mol. The highest BCUT2D eigenvalue weighted by Gasteiger charge is 2.26. The molecule has 6 heteroatoms. The monoisotopic (exact) mass is 343 g/mol. The molecule has 2 rings (SSSR count). The van der Waals surface area contributed by atoms with Crippen molar-refractivity contribution in [3.63, 3.8) is 0 Å². The molecule has 25 heavy (non-hydrogen) atoms. The van der Waals surface area contributed by atoms with Gasteiger partial charge in [-0.3, -0.25) is 9.59 Å². The minimum absolute atomic E-state index is 0.0217. The van der Waals surface area contributed by atoms with Crippen LogP contribution in [0.3, 0.4) is 0 Å². The molecule has 0 saturated heterocycles. The van der Waals surface area contributed by atoms with E-state index < -0.39 is 5.56 Å². The van der Waals surface area contributed by atoms with E-state index in [1.54, 1.807) is 25.8 Å². The second-order valence-corrected chi connectivity index (χ2v) is 6.29. The van der Waals surface area contributed by atoms with Crippen molar-refractivity contribution in [2.24, 2.45) is 7.05 Å². The second kappa shape index (κ2) is 8.07. The van der Waals surface area contributed by atoms with E-state index >= 15 is 0 Å². The normalized spacial score (nSPS) is 12.0. The first-order valence-corrected chi connectivity index (χ1v) is 8.37. The van der Waals surface area contributed by atoms with Crippen molar-refractivity contribution in [1.82, 2.24) is 14.7 Å². The van der Waals surface area contributed by atoms with Crippen molar-refractivity contribution in [3.05, 3.63) is 63.1 Å². The molecule has 1 N–H and O–H groups in total. The number of carbonyl (C=O) groups excluding carboxylic acids is 1. The van der Waals surface area contributed by atoms with Crippen LogP contribution >= 0.6 is 0 Å². The fraction of sp³-hybridized carbons (Fsp3) is 0.421. The number of aryl methyl sites for hydroxylation is 2. The van der Waals surface area contributed by atoms with Gasteiger partial charge in [0.15, 0.2) is 0 Å². The molecule has 0 aliphatic carbocycles. The van der Waals surface area contributed by atoms with Gasteiger partial charge in [0.05, 0.1) is 5.69 Å². The summed E-state index contributed by atoms with van der Waals surface area (Å²) in [5.74, 6) is -0.326. The Labute approximate surface area is 147 Å². The van der Waals surface area contributed by atoms with Crippen LogP contribution in [-0.2, 0) is 13.6 Å². The van der Waals surface area contributed by atoms with Crippen LogP contribution in [0.5, 0.6) is 0 Å². The molecule has 1 atom stereocenters. The lowest BCUT2D eigenvalue weighted by Gasteiger charge is -2.29. The first kappa shape index (κ1) is 18.9. The summed E-state index contributed by atoms with van der Waals surface area (Å²) < 4.78 is 1.20. The average molecular weight is 343 g/mol. The molecule has 134 valence electrons.